The first-order valence-corrected chi connectivity index (χ1v) is 7.12. The predicted molar refractivity (Wildman–Crippen MR) is 85.4 cm³/mol. The fourth-order valence-electron chi connectivity index (χ4n) is 1.84. The molecule has 0 radical (unpaired) electrons. The summed E-state index contributed by atoms with van der Waals surface area (Å²) in [5, 5.41) is 13.9. The maximum absolute atomic E-state index is 12.3. The first kappa shape index (κ1) is 16.5. The summed E-state index contributed by atoms with van der Waals surface area (Å²) in [5.41, 5.74) is 1.52. The fraction of sp³-hybridized carbons (Fsp3) is 0.176. The van der Waals surface area contributed by atoms with Crippen molar-refractivity contribution in [1.82, 2.24) is 10.6 Å². The van der Waals surface area contributed by atoms with E-state index in [1.54, 1.807) is 24.3 Å². The molecule has 1 aromatic heterocycles. The van der Waals surface area contributed by atoms with Gasteiger partial charge >= 0.3 is 0 Å². The minimum absolute atomic E-state index is 0.0407. The van der Waals surface area contributed by atoms with Gasteiger partial charge < -0.3 is 20.2 Å². The Hall–Kier alpha value is -2.86. The standard InChI is InChI=1S/C17H18N2O4/c1-12-4-6-13(7-5-12)16(21)19-15(17(22)18-8-9-20)11-14-3-2-10-23-14/h2-7,10-11,20H,8-9H2,1H3,(H,18,22)(H,19,21)/b15-11+. The molecular weight excluding hydrogens is 296 g/mol. The summed E-state index contributed by atoms with van der Waals surface area (Å²) in [7, 11) is 0. The van der Waals surface area contributed by atoms with Crippen LogP contribution in [0.15, 0.2) is 52.8 Å². The van der Waals surface area contributed by atoms with Crippen molar-refractivity contribution in [2.45, 2.75) is 6.92 Å². The molecule has 2 rings (SSSR count). The first-order chi connectivity index (χ1) is 11.1. The molecule has 0 bridgehead atoms. The maximum atomic E-state index is 12.3. The van der Waals surface area contributed by atoms with Crippen molar-refractivity contribution in [1.29, 1.82) is 0 Å². The van der Waals surface area contributed by atoms with Crippen molar-refractivity contribution < 1.29 is 19.1 Å². The number of amides is 2. The summed E-state index contributed by atoms with van der Waals surface area (Å²) in [5.74, 6) is -0.471. The number of nitrogens with one attached hydrogen (secondary N) is 2. The molecule has 0 aliphatic carbocycles. The number of aliphatic hydroxyl groups excluding tert-OH is 1. The van der Waals surface area contributed by atoms with Gasteiger partial charge in [0, 0.05) is 18.2 Å². The van der Waals surface area contributed by atoms with Crippen LogP contribution in [0.5, 0.6) is 0 Å². The molecule has 0 spiro atoms. The average molecular weight is 314 g/mol. The van der Waals surface area contributed by atoms with E-state index in [2.05, 4.69) is 10.6 Å². The Balaban J connectivity index is 2.18. The second kappa shape index (κ2) is 7.95. The van der Waals surface area contributed by atoms with Crippen LogP contribution in [0, 0.1) is 6.92 Å². The van der Waals surface area contributed by atoms with E-state index < -0.39 is 11.8 Å². The molecule has 1 heterocycles. The molecule has 2 aromatic rings. The Kier molecular flexibility index (Phi) is 5.71. The highest BCUT2D eigenvalue weighted by atomic mass is 16.3. The number of benzene rings is 1. The van der Waals surface area contributed by atoms with Gasteiger partial charge in [-0.2, -0.15) is 0 Å². The van der Waals surface area contributed by atoms with Gasteiger partial charge in [0.2, 0.25) is 0 Å². The molecule has 1 aromatic carbocycles. The Bertz CT molecular complexity index is 688. The summed E-state index contributed by atoms with van der Waals surface area (Å²) in [6.45, 7) is 1.83. The number of rotatable bonds is 6. The number of furan rings is 1. The van der Waals surface area contributed by atoms with Crippen molar-refractivity contribution in [2.24, 2.45) is 0 Å². The van der Waals surface area contributed by atoms with Crippen LogP contribution in [0.4, 0.5) is 0 Å². The Labute approximate surface area is 133 Å². The largest absolute Gasteiger partial charge is 0.465 e. The number of carbonyl (C=O) groups is 2. The molecule has 0 saturated heterocycles. The second-order valence-corrected chi connectivity index (χ2v) is 4.87. The van der Waals surface area contributed by atoms with E-state index in [9.17, 15) is 9.59 Å². The van der Waals surface area contributed by atoms with Crippen LogP contribution in [0.3, 0.4) is 0 Å². The number of hydrogen-bond acceptors (Lipinski definition) is 4. The molecule has 2 amide bonds. The lowest BCUT2D eigenvalue weighted by Crippen LogP contribution is -2.36. The summed E-state index contributed by atoms with van der Waals surface area (Å²) in [4.78, 5) is 24.4. The summed E-state index contributed by atoms with van der Waals surface area (Å²) >= 11 is 0. The Morgan fingerprint density at radius 1 is 1.22 bits per heavy atom. The quantitative estimate of drug-likeness (QED) is 0.704. The molecule has 0 atom stereocenters. The number of hydrogen-bond donors (Lipinski definition) is 3. The van der Waals surface area contributed by atoms with E-state index in [4.69, 9.17) is 9.52 Å². The zero-order valence-corrected chi connectivity index (χ0v) is 12.7. The van der Waals surface area contributed by atoms with Gasteiger partial charge in [-0.1, -0.05) is 17.7 Å². The molecule has 120 valence electrons. The van der Waals surface area contributed by atoms with Gasteiger partial charge in [0.25, 0.3) is 11.8 Å². The third-order valence-corrected chi connectivity index (χ3v) is 3.03. The maximum Gasteiger partial charge on any atom is 0.268 e. The van der Waals surface area contributed by atoms with Crippen LogP contribution >= 0.6 is 0 Å². The molecule has 0 aliphatic heterocycles. The van der Waals surface area contributed by atoms with Crippen molar-refractivity contribution in [3.05, 3.63) is 65.2 Å². The van der Waals surface area contributed by atoms with Crippen molar-refractivity contribution in [3.63, 3.8) is 0 Å². The summed E-state index contributed by atoms with van der Waals surface area (Å²) in [6, 6.07) is 10.3. The lowest BCUT2D eigenvalue weighted by molar-refractivity contribution is -0.117. The lowest BCUT2D eigenvalue weighted by atomic mass is 10.1. The van der Waals surface area contributed by atoms with E-state index in [0.717, 1.165) is 5.56 Å². The zero-order chi connectivity index (χ0) is 16.7. The number of aliphatic hydroxyl groups is 1. The van der Waals surface area contributed by atoms with Crippen molar-refractivity contribution in [2.75, 3.05) is 13.2 Å². The van der Waals surface area contributed by atoms with E-state index in [0.29, 0.717) is 11.3 Å². The van der Waals surface area contributed by atoms with Gasteiger partial charge in [-0.25, -0.2) is 0 Å². The van der Waals surface area contributed by atoms with Gasteiger partial charge in [0.1, 0.15) is 11.5 Å². The highest BCUT2D eigenvalue weighted by Gasteiger charge is 2.14. The topological polar surface area (TPSA) is 91.6 Å². The molecule has 3 N–H and O–H groups in total. The van der Waals surface area contributed by atoms with Crippen LogP contribution in [0.25, 0.3) is 6.08 Å². The van der Waals surface area contributed by atoms with Gasteiger partial charge in [0.05, 0.1) is 12.9 Å². The van der Waals surface area contributed by atoms with E-state index in [-0.39, 0.29) is 18.8 Å². The SMILES string of the molecule is Cc1ccc(C(=O)N/C(=C/c2ccco2)C(=O)NCCO)cc1. The minimum atomic E-state index is -0.504. The predicted octanol–water partition coefficient (Wildman–Crippen LogP) is 1.47. The minimum Gasteiger partial charge on any atom is -0.465 e. The monoisotopic (exact) mass is 314 g/mol. The van der Waals surface area contributed by atoms with Crippen LogP contribution in [0.2, 0.25) is 0 Å². The van der Waals surface area contributed by atoms with E-state index in [1.165, 1.54) is 12.3 Å². The van der Waals surface area contributed by atoms with Gasteiger partial charge in [-0.15, -0.1) is 0 Å². The van der Waals surface area contributed by atoms with E-state index >= 15 is 0 Å². The van der Waals surface area contributed by atoms with Gasteiger partial charge in [-0.3, -0.25) is 9.59 Å². The van der Waals surface area contributed by atoms with Crippen molar-refractivity contribution in [3.8, 4) is 0 Å². The molecule has 0 aliphatic rings. The molecule has 6 nitrogen and oxygen atoms in total. The molecule has 0 unspecified atom stereocenters. The normalized spacial score (nSPS) is 11.1. The van der Waals surface area contributed by atoms with Gasteiger partial charge in [0.15, 0.2) is 0 Å². The number of carbonyl (C=O) groups excluding carboxylic acids is 2. The van der Waals surface area contributed by atoms with Crippen LogP contribution in [-0.4, -0.2) is 30.1 Å². The van der Waals surface area contributed by atoms with Crippen LogP contribution < -0.4 is 10.6 Å². The summed E-state index contributed by atoms with van der Waals surface area (Å²) < 4.78 is 5.16. The fourth-order valence-corrected chi connectivity index (χ4v) is 1.84. The molecule has 0 fully saturated rings. The van der Waals surface area contributed by atoms with Gasteiger partial charge in [-0.05, 0) is 31.2 Å². The van der Waals surface area contributed by atoms with Crippen LogP contribution in [0.1, 0.15) is 21.7 Å². The summed E-state index contributed by atoms with van der Waals surface area (Å²) in [6.07, 6.45) is 2.90. The number of aryl methyl sites for hydroxylation is 1. The first-order valence-electron chi connectivity index (χ1n) is 7.12. The highest BCUT2D eigenvalue weighted by molar-refractivity contribution is 6.05. The third-order valence-electron chi connectivity index (χ3n) is 3.03. The highest BCUT2D eigenvalue weighted by Crippen LogP contribution is 2.08. The third kappa shape index (κ3) is 4.82. The zero-order valence-electron chi connectivity index (χ0n) is 12.7. The van der Waals surface area contributed by atoms with Crippen LogP contribution in [-0.2, 0) is 4.79 Å². The van der Waals surface area contributed by atoms with E-state index in [1.807, 2.05) is 19.1 Å². The molecule has 23 heavy (non-hydrogen) atoms. The molecular formula is C17H18N2O4. The smallest absolute Gasteiger partial charge is 0.268 e. The second-order valence-electron chi connectivity index (χ2n) is 4.87. The molecule has 0 saturated carbocycles. The Morgan fingerprint density at radius 3 is 2.57 bits per heavy atom. The Morgan fingerprint density at radius 2 is 1.96 bits per heavy atom. The lowest BCUT2D eigenvalue weighted by Gasteiger charge is -2.10. The molecule has 6 heteroatoms. The van der Waals surface area contributed by atoms with Crippen molar-refractivity contribution >= 4 is 17.9 Å². The average Bonchev–Trinajstić information content (AvgIpc) is 3.05.